The van der Waals surface area contributed by atoms with Gasteiger partial charge in [-0.05, 0) is 92.4 Å². The van der Waals surface area contributed by atoms with Gasteiger partial charge in [0.1, 0.15) is 6.54 Å². The van der Waals surface area contributed by atoms with Gasteiger partial charge in [0, 0.05) is 10.0 Å². The molecule has 0 aromatic heterocycles. The van der Waals surface area contributed by atoms with Crippen molar-refractivity contribution in [2.24, 2.45) is 0 Å². The van der Waals surface area contributed by atoms with Crippen LogP contribution < -0.4 is 9.62 Å². The van der Waals surface area contributed by atoms with Gasteiger partial charge in [0.25, 0.3) is 10.0 Å². The van der Waals surface area contributed by atoms with Crippen LogP contribution in [0.4, 0.5) is 5.69 Å². The molecular formula is C25H26Cl2N2O3S. The predicted octanol–water partition coefficient (Wildman–Crippen LogP) is 5.99. The largest absolute Gasteiger partial charge is 0.348 e. The highest BCUT2D eigenvalue weighted by Gasteiger charge is 2.28. The molecule has 0 saturated heterocycles. The Morgan fingerprint density at radius 2 is 1.55 bits per heavy atom. The quantitative estimate of drug-likeness (QED) is 0.429. The topological polar surface area (TPSA) is 66.5 Å². The van der Waals surface area contributed by atoms with Crippen molar-refractivity contribution in [1.82, 2.24) is 5.32 Å². The Kier molecular flexibility index (Phi) is 7.73. The lowest BCUT2D eigenvalue weighted by molar-refractivity contribution is -0.120. The van der Waals surface area contributed by atoms with Crippen LogP contribution in [-0.4, -0.2) is 20.9 Å². The third-order valence-corrected chi connectivity index (χ3v) is 7.79. The van der Waals surface area contributed by atoms with Crippen LogP contribution in [0.25, 0.3) is 0 Å². The first-order valence-electron chi connectivity index (χ1n) is 10.4. The first-order chi connectivity index (χ1) is 15.5. The average molecular weight is 505 g/mol. The zero-order valence-corrected chi connectivity index (χ0v) is 21.2. The van der Waals surface area contributed by atoms with Crippen molar-refractivity contribution < 1.29 is 13.2 Å². The zero-order chi connectivity index (χ0) is 24.3. The maximum atomic E-state index is 13.4. The molecule has 3 aromatic rings. The van der Waals surface area contributed by atoms with E-state index in [0.29, 0.717) is 15.7 Å². The summed E-state index contributed by atoms with van der Waals surface area (Å²) >= 11 is 12.0. The predicted molar refractivity (Wildman–Crippen MR) is 135 cm³/mol. The number of nitrogens with zero attached hydrogens (tertiary/aromatic N) is 1. The number of rotatable bonds is 7. The Morgan fingerprint density at radius 3 is 2.18 bits per heavy atom. The van der Waals surface area contributed by atoms with Gasteiger partial charge < -0.3 is 5.32 Å². The van der Waals surface area contributed by atoms with E-state index in [9.17, 15) is 13.2 Å². The minimum Gasteiger partial charge on any atom is -0.348 e. The Balaban J connectivity index is 1.91. The number of sulfonamides is 1. The first-order valence-corrected chi connectivity index (χ1v) is 12.6. The number of amides is 1. The highest BCUT2D eigenvalue weighted by Crippen LogP contribution is 2.27. The summed E-state index contributed by atoms with van der Waals surface area (Å²) in [6.45, 7) is 7.53. The standard InChI is InChI=1S/C25H26Cl2N2O3S/c1-16-12-18(3)24(13-17(16)2)19(4)28-25(30)15-29(22-7-5-6-21(27)14-22)33(31,32)23-10-8-20(26)9-11-23/h5-14,19H,15H2,1-4H3,(H,28,30)/t19-/m0/s1. The van der Waals surface area contributed by atoms with E-state index in [1.54, 1.807) is 18.2 Å². The molecule has 0 heterocycles. The molecule has 1 atom stereocenters. The van der Waals surface area contributed by atoms with Crippen molar-refractivity contribution in [2.75, 3.05) is 10.8 Å². The van der Waals surface area contributed by atoms with Crippen LogP contribution in [0.1, 0.15) is 35.2 Å². The normalized spacial score (nSPS) is 12.3. The van der Waals surface area contributed by atoms with Gasteiger partial charge in [-0.2, -0.15) is 0 Å². The summed E-state index contributed by atoms with van der Waals surface area (Å²) in [7, 11) is -4.05. The van der Waals surface area contributed by atoms with Crippen LogP contribution in [0.3, 0.4) is 0 Å². The van der Waals surface area contributed by atoms with E-state index in [4.69, 9.17) is 23.2 Å². The van der Waals surface area contributed by atoms with Crippen LogP contribution in [0, 0.1) is 20.8 Å². The molecule has 0 aliphatic rings. The molecule has 0 aliphatic carbocycles. The van der Waals surface area contributed by atoms with Crippen molar-refractivity contribution in [3.8, 4) is 0 Å². The smallest absolute Gasteiger partial charge is 0.264 e. The van der Waals surface area contributed by atoms with E-state index < -0.39 is 22.5 Å². The van der Waals surface area contributed by atoms with E-state index in [-0.39, 0.29) is 10.9 Å². The molecule has 0 radical (unpaired) electrons. The summed E-state index contributed by atoms with van der Waals surface area (Å²) in [6, 6.07) is 16.0. The van der Waals surface area contributed by atoms with Crippen molar-refractivity contribution in [3.63, 3.8) is 0 Å². The Labute approximate surface area is 205 Å². The molecule has 8 heteroatoms. The van der Waals surface area contributed by atoms with Gasteiger partial charge in [-0.3, -0.25) is 9.10 Å². The van der Waals surface area contributed by atoms with Gasteiger partial charge in [0.15, 0.2) is 0 Å². The van der Waals surface area contributed by atoms with Crippen molar-refractivity contribution in [2.45, 2.75) is 38.6 Å². The van der Waals surface area contributed by atoms with Crippen LogP contribution in [0.2, 0.25) is 10.0 Å². The summed E-state index contributed by atoms with van der Waals surface area (Å²) in [5.74, 6) is -0.433. The summed E-state index contributed by atoms with van der Waals surface area (Å²) in [5.41, 5.74) is 4.65. The fourth-order valence-corrected chi connectivity index (χ4v) is 5.35. The summed E-state index contributed by atoms with van der Waals surface area (Å²) in [6.07, 6.45) is 0. The van der Waals surface area contributed by atoms with Gasteiger partial charge >= 0.3 is 0 Å². The molecule has 5 nitrogen and oxygen atoms in total. The SMILES string of the molecule is Cc1cc(C)c([C@H](C)NC(=O)CN(c2cccc(Cl)c2)S(=O)(=O)c2ccc(Cl)cc2)cc1C. The fraction of sp³-hybridized carbons (Fsp3) is 0.240. The van der Waals surface area contributed by atoms with Crippen LogP contribution in [-0.2, 0) is 14.8 Å². The second kappa shape index (κ2) is 10.2. The molecule has 0 bridgehead atoms. The molecule has 0 saturated carbocycles. The molecule has 3 rings (SSSR count). The van der Waals surface area contributed by atoms with E-state index >= 15 is 0 Å². The molecule has 1 amide bonds. The number of benzene rings is 3. The van der Waals surface area contributed by atoms with E-state index in [1.165, 1.54) is 35.9 Å². The molecule has 33 heavy (non-hydrogen) atoms. The summed E-state index contributed by atoms with van der Waals surface area (Å²) < 4.78 is 27.9. The Hall–Kier alpha value is -2.54. The lowest BCUT2D eigenvalue weighted by atomic mass is 9.96. The molecular weight excluding hydrogens is 479 g/mol. The van der Waals surface area contributed by atoms with Crippen molar-refractivity contribution >= 4 is 44.8 Å². The van der Waals surface area contributed by atoms with E-state index in [1.807, 2.05) is 27.7 Å². The van der Waals surface area contributed by atoms with E-state index in [0.717, 1.165) is 21.0 Å². The maximum Gasteiger partial charge on any atom is 0.264 e. The minimum atomic E-state index is -4.05. The fourth-order valence-electron chi connectivity index (χ4n) is 3.62. The average Bonchev–Trinajstić information content (AvgIpc) is 2.74. The van der Waals surface area contributed by atoms with Crippen molar-refractivity contribution in [3.05, 3.63) is 93.0 Å². The number of carbonyl (C=O) groups excluding carboxylic acids is 1. The minimum absolute atomic E-state index is 0.0257. The Morgan fingerprint density at radius 1 is 0.909 bits per heavy atom. The lowest BCUT2D eigenvalue weighted by Gasteiger charge is -2.26. The number of carbonyl (C=O) groups is 1. The third-order valence-electron chi connectivity index (χ3n) is 5.51. The van der Waals surface area contributed by atoms with Gasteiger partial charge in [0.2, 0.25) is 5.91 Å². The van der Waals surface area contributed by atoms with E-state index in [2.05, 4.69) is 17.4 Å². The highest BCUT2D eigenvalue weighted by molar-refractivity contribution is 7.92. The summed E-state index contributed by atoms with van der Waals surface area (Å²) in [4.78, 5) is 13.0. The molecule has 1 N–H and O–H groups in total. The van der Waals surface area contributed by atoms with Gasteiger partial charge in [-0.1, -0.05) is 41.4 Å². The molecule has 0 fully saturated rings. The number of anilines is 1. The number of aryl methyl sites for hydroxylation is 3. The monoisotopic (exact) mass is 504 g/mol. The van der Waals surface area contributed by atoms with Gasteiger partial charge in [0.05, 0.1) is 16.6 Å². The molecule has 0 spiro atoms. The second-order valence-corrected chi connectivity index (χ2v) is 10.8. The zero-order valence-electron chi connectivity index (χ0n) is 18.9. The second-order valence-electron chi connectivity index (χ2n) is 8.03. The lowest BCUT2D eigenvalue weighted by Crippen LogP contribution is -2.41. The molecule has 3 aromatic carbocycles. The van der Waals surface area contributed by atoms with Gasteiger partial charge in [-0.25, -0.2) is 8.42 Å². The third kappa shape index (κ3) is 5.88. The van der Waals surface area contributed by atoms with Crippen LogP contribution in [0.5, 0.6) is 0 Å². The first kappa shape index (κ1) is 25.1. The number of hydrogen-bond donors (Lipinski definition) is 1. The van der Waals surface area contributed by atoms with Crippen LogP contribution >= 0.6 is 23.2 Å². The maximum absolute atomic E-state index is 13.4. The van der Waals surface area contributed by atoms with Crippen molar-refractivity contribution in [1.29, 1.82) is 0 Å². The Bertz CT molecular complexity index is 1280. The highest BCUT2D eigenvalue weighted by atomic mass is 35.5. The number of hydrogen-bond acceptors (Lipinski definition) is 3. The molecule has 0 aliphatic heterocycles. The van der Waals surface area contributed by atoms with Gasteiger partial charge in [-0.15, -0.1) is 0 Å². The molecule has 174 valence electrons. The molecule has 0 unspecified atom stereocenters. The number of halogens is 2. The number of nitrogens with one attached hydrogen (secondary N) is 1. The summed E-state index contributed by atoms with van der Waals surface area (Å²) in [5, 5.41) is 3.71. The van der Waals surface area contributed by atoms with Crippen LogP contribution in [0.15, 0.2) is 65.6 Å².